The Kier molecular flexibility index (Phi) is 9.48. The Morgan fingerprint density at radius 3 is 2.20 bits per heavy atom. The molecule has 1 aliphatic heterocycles. The third-order valence-electron chi connectivity index (χ3n) is 5.03. The molecule has 1 aliphatic rings. The van der Waals surface area contributed by atoms with Gasteiger partial charge in [0.1, 0.15) is 0 Å². The quantitative estimate of drug-likeness (QED) is 0.487. The average molecular weight is 504 g/mol. The number of thioether (sulfide) groups is 1. The molecule has 35 heavy (non-hydrogen) atoms. The molecule has 0 spiro atoms. The van der Waals surface area contributed by atoms with Crippen molar-refractivity contribution in [2.75, 3.05) is 33.7 Å². The SMILES string of the molecule is CCOC(=O)C1=C(C)NC(SCC(=O)NC(C)(C)C)=C(C#N)C1c1cc(OC)c(OC)c(OC)c1. The van der Waals surface area contributed by atoms with Gasteiger partial charge in [0.15, 0.2) is 11.5 Å². The average Bonchev–Trinajstić information content (AvgIpc) is 2.80. The number of allylic oxidation sites excluding steroid dienone is 2. The number of carbonyl (C=O) groups excluding carboxylic acids is 2. The Balaban J connectivity index is 2.65. The van der Waals surface area contributed by atoms with E-state index >= 15 is 0 Å². The largest absolute Gasteiger partial charge is 0.493 e. The number of amides is 1. The van der Waals surface area contributed by atoms with Crippen LogP contribution in [-0.2, 0) is 14.3 Å². The van der Waals surface area contributed by atoms with Gasteiger partial charge in [-0.1, -0.05) is 11.8 Å². The molecule has 10 heteroatoms. The number of rotatable bonds is 9. The second kappa shape index (κ2) is 11.9. The molecule has 0 aliphatic carbocycles. The zero-order chi connectivity index (χ0) is 26.3. The van der Waals surface area contributed by atoms with Crippen molar-refractivity contribution in [1.29, 1.82) is 5.26 Å². The van der Waals surface area contributed by atoms with Crippen molar-refractivity contribution < 1.29 is 28.5 Å². The van der Waals surface area contributed by atoms with Crippen molar-refractivity contribution >= 4 is 23.6 Å². The van der Waals surface area contributed by atoms with Gasteiger partial charge in [0.2, 0.25) is 11.7 Å². The molecule has 0 bridgehead atoms. The molecule has 190 valence electrons. The van der Waals surface area contributed by atoms with E-state index in [2.05, 4.69) is 16.7 Å². The summed E-state index contributed by atoms with van der Waals surface area (Å²) in [5, 5.41) is 16.7. The summed E-state index contributed by atoms with van der Waals surface area (Å²) in [5.41, 5.74) is 1.30. The Morgan fingerprint density at radius 2 is 1.74 bits per heavy atom. The summed E-state index contributed by atoms with van der Waals surface area (Å²) in [6, 6.07) is 5.64. The summed E-state index contributed by atoms with van der Waals surface area (Å²) < 4.78 is 21.7. The van der Waals surface area contributed by atoms with Crippen LogP contribution in [-0.4, -0.2) is 51.1 Å². The zero-order valence-corrected chi connectivity index (χ0v) is 22.3. The smallest absolute Gasteiger partial charge is 0.336 e. The van der Waals surface area contributed by atoms with Gasteiger partial charge in [-0.05, 0) is 52.3 Å². The van der Waals surface area contributed by atoms with Crippen LogP contribution >= 0.6 is 11.8 Å². The van der Waals surface area contributed by atoms with E-state index in [9.17, 15) is 14.9 Å². The Bertz CT molecular complexity index is 1060. The van der Waals surface area contributed by atoms with Crippen molar-refractivity contribution in [2.45, 2.75) is 46.1 Å². The van der Waals surface area contributed by atoms with Gasteiger partial charge in [0.05, 0.1) is 61.9 Å². The van der Waals surface area contributed by atoms with Crippen LogP contribution in [0.2, 0.25) is 0 Å². The van der Waals surface area contributed by atoms with Gasteiger partial charge in [-0.25, -0.2) is 4.79 Å². The third kappa shape index (κ3) is 6.63. The van der Waals surface area contributed by atoms with Crippen LogP contribution in [0.3, 0.4) is 0 Å². The number of nitrogens with one attached hydrogen (secondary N) is 2. The molecule has 0 fully saturated rings. The number of nitrogens with zero attached hydrogens (tertiary/aromatic N) is 1. The molecule has 0 radical (unpaired) electrons. The number of carbonyl (C=O) groups is 2. The predicted octanol–water partition coefficient (Wildman–Crippen LogP) is 3.62. The standard InChI is InChI=1S/C25H33N3O6S/c1-9-34-24(30)20-14(2)27-23(35-13-19(29)28-25(3,4)5)16(12-26)21(20)15-10-17(31-6)22(33-8)18(11-15)32-7/h10-11,21,27H,9,13H2,1-8H3,(H,28,29). The van der Waals surface area contributed by atoms with Crippen molar-refractivity contribution in [3.8, 4) is 23.3 Å². The lowest BCUT2D eigenvalue weighted by atomic mass is 9.82. The topological polar surface area (TPSA) is 119 Å². The van der Waals surface area contributed by atoms with E-state index in [0.29, 0.717) is 39.1 Å². The van der Waals surface area contributed by atoms with Crippen LogP contribution < -0.4 is 24.8 Å². The molecule has 0 saturated carbocycles. The first-order chi connectivity index (χ1) is 16.5. The van der Waals surface area contributed by atoms with Gasteiger partial charge >= 0.3 is 5.97 Å². The molecule has 1 aromatic rings. The lowest BCUT2D eigenvalue weighted by Crippen LogP contribution is -2.41. The maximum atomic E-state index is 13.0. The molecule has 1 amide bonds. The Labute approximate surface area is 210 Å². The van der Waals surface area contributed by atoms with E-state index in [1.165, 1.54) is 33.1 Å². The molecule has 1 aromatic carbocycles. The highest BCUT2D eigenvalue weighted by Crippen LogP contribution is 2.46. The van der Waals surface area contributed by atoms with E-state index in [1.807, 2.05) is 20.8 Å². The van der Waals surface area contributed by atoms with Crippen molar-refractivity contribution in [1.82, 2.24) is 10.6 Å². The first kappa shape index (κ1) is 27.9. The molecular weight excluding hydrogens is 470 g/mol. The fourth-order valence-corrected chi connectivity index (χ4v) is 4.59. The van der Waals surface area contributed by atoms with Gasteiger partial charge in [-0.3, -0.25) is 4.79 Å². The highest BCUT2D eigenvalue weighted by Gasteiger charge is 2.37. The normalized spacial score (nSPS) is 15.7. The Hall–Kier alpha value is -3.32. The highest BCUT2D eigenvalue weighted by atomic mass is 32.2. The highest BCUT2D eigenvalue weighted by molar-refractivity contribution is 8.03. The fourth-order valence-electron chi connectivity index (χ4n) is 3.70. The monoisotopic (exact) mass is 503 g/mol. The van der Waals surface area contributed by atoms with Crippen LogP contribution in [0.15, 0.2) is 34.0 Å². The first-order valence-electron chi connectivity index (χ1n) is 11.0. The van der Waals surface area contributed by atoms with E-state index in [0.717, 1.165) is 0 Å². The van der Waals surface area contributed by atoms with Gasteiger partial charge in [-0.2, -0.15) is 5.26 Å². The van der Waals surface area contributed by atoms with Crippen LogP contribution in [0, 0.1) is 11.3 Å². The molecule has 2 rings (SSSR count). The summed E-state index contributed by atoms with van der Waals surface area (Å²) in [6.45, 7) is 9.32. The minimum Gasteiger partial charge on any atom is -0.493 e. The number of hydrogen-bond donors (Lipinski definition) is 2. The summed E-state index contributed by atoms with van der Waals surface area (Å²) in [4.78, 5) is 25.4. The number of methoxy groups -OCH3 is 3. The summed E-state index contributed by atoms with van der Waals surface area (Å²) in [5.74, 6) is -0.233. The van der Waals surface area contributed by atoms with Crippen molar-refractivity contribution in [3.63, 3.8) is 0 Å². The van der Waals surface area contributed by atoms with Crippen molar-refractivity contribution in [2.24, 2.45) is 0 Å². The minimum atomic E-state index is -0.776. The number of dihydropyridines is 1. The number of ether oxygens (including phenoxy) is 4. The van der Waals surface area contributed by atoms with Crippen LogP contribution in [0.4, 0.5) is 0 Å². The first-order valence-corrected chi connectivity index (χ1v) is 12.0. The van der Waals surface area contributed by atoms with E-state index in [1.54, 1.807) is 26.0 Å². The van der Waals surface area contributed by atoms with E-state index in [-0.39, 0.29) is 29.4 Å². The molecule has 0 saturated heterocycles. The third-order valence-corrected chi connectivity index (χ3v) is 6.04. The lowest BCUT2D eigenvalue weighted by Gasteiger charge is -2.30. The zero-order valence-electron chi connectivity index (χ0n) is 21.5. The maximum absolute atomic E-state index is 13.0. The molecule has 1 atom stereocenters. The second-order valence-corrected chi connectivity index (χ2v) is 9.70. The van der Waals surface area contributed by atoms with Gasteiger partial charge < -0.3 is 29.6 Å². The number of nitriles is 1. The summed E-state index contributed by atoms with van der Waals surface area (Å²) >= 11 is 1.20. The predicted molar refractivity (Wildman–Crippen MR) is 134 cm³/mol. The van der Waals surface area contributed by atoms with Gasteiger partial charge in [0.25, 0.3) is 0 Å². The number of benzene rings is 1. The molecule has 9 nitrogen and oxygen atoms in total. The van der Waals surface area contributed by atoms with E-state index in [4.69, 9.17) is 18.9 Å². The van der Waals surface area contributed by atoms with Gasteiger partial charge in [0, 0.05) is 11.2 Å². The Morgan fingerprint density at radius 1 is 1.14 bits per heavy atom. The maximum Gasteiger partial charge on any atom is 0.336 e. The van der Waals surface area contributed by atoms with Crippen LogP contribution in [0.1, 0.15) is 46.1 Å². The lowest BCUT2D eigenvalue weighted by molar-refractivity contribution is -0.138. The van der Waals surface area contributed by atoms with Crippen LogP contribution in [0.5, 0.6) is 17.2 Å². The van der Waals surface area contributed by atoms with Crippen LogP contribution in [0.25, 0.3) is 0 Å². The summed E-state index contributed by atoms with van der Waals surface area (Å²) in [6.07, 6.45) is 0. The minimum absolute atomic E-state index is 0.0920. The molecule has 0 aromatic heterocycles. The number of hydrogen-bond acceptors (Lipinski definition) is 9. The fraction of sp³-hybridized carbons (Fsp3) is 0.480. The number of esters is 1. The molecular formula is C25H33N3O6S. The molecule has 1 heterocycles. The second-order valence-electron chi connectivity index (χ2n) is 8.72. The summed E-state index contributed by atoms with van der Waals surface area (Å²) in [7, 11) is 4.48. The van der Waals surface area contributed by atoms with Crippen molar-refractivity contribution in [3.05, 3.63) is 39.6 Å². The van der Waals surface area contributed by atoms with Gasteiger partial charge in [-0.15, -0.1) is 0 Å². The molecule has 1 unspecified atom stereocenters. The van der Waals surface area contributed by atoms with E-state index < -0.39 is 11.9 Å². The molecule has 2 N–H and O–H groups in total.